The molecule has 0 spiro atoms. The fourth-order valence-corrected chi connectivity index (χ4v) is 3.26. The molecule has 0 rings (SSSR count). The smallest absolute Gasteiger partial charge is 0.0103 e. The Labute approximate surface area is 147 Å². The lowest BCUT2D eigenvalue weighted by atomic mass is 10.0. The van der Waals surface area contributed by atoms with E-state index < -0.39 is 0 Å². The van der Waals surface area contributed by atoms with Gasteiger partial charge in [0.15, 0.2) is 0 Å². The minimum absolute atomic E-state index is 1.16. The Bertz CT molecular complexity index is 222. The first-order valence-corrected chi connectivity index (χ1v) is 10.8. The highest BCUT2D eigenvalue weighted by Gasteiger charge is 1.94. The zero-order chi connectivity index (χ0) is 16.8. The van der Waals surface area contributed by atoms with Crippen molar-refractivity contribution in [1.82, 2.24) is 0 Å². The van der Waals surface area contributed by atoms with E-state index in [-0.39, 0.29) is 0 Å². The molecule has 2 N–H and O–H groups in total. The van der Waals surface area contributed by atoms with Gasteiger partial charge in [-0.15, -0.1) is 0 Å². The first-order valence-electron chi connectivity index (χ1n) is 10.8. The molecular formula is C22H45N. The van der Waals surface area contributed by atoms with Crippen molar-refractivity contribution in [2.24, 2.45) is 5.73 Å². The third-order valence-corrected chi connectivity index (χ3v) is 4.86. The van der Waals surface area contributed by atoms with Gasteiger partial charge < -0.3 is 5.73 Å². The van der Waals surface area contributed by atoms with Crippen molar-refractivity contribution < 1.29 is 0 Å². The summed E-state index contributed by atoms with van der Waals surface area (Å²) in [6.07, 6.45) is 30.9. The Kier molecular flexibility index (Phi) is 21.1. The van der Waals surface area contributed by atoms with Gasteiger partial charge in [-0.25, -0.2) is 0 Å². The van der Waals surface area contributed by atoms with Gasteiger partial charge in [0.2, 0.25) is 0 Å². The third-order valence-electron chi connectivity index (χ3n) is 4.86. The Morgan fingerprint density at radius 3 is 1.09 bits per heavy atom. The maximum atomic E-state index is 5.32. The molecule has 0 fully saturated rings. The molecule has 1 nitrogen and oxygen atoms in total. The molecule has 0 bridgehead atoms. The van der Waals surface area contributed by atoms with Gasteiger partial charge in [-0.3, -0.25) is 0 Å². The molecule has 0 atom stereocenters. The molecule has 0 aromatic carbocycles. The molecule has 138 valence electrons. The van der Waals surface area contributed by atoms with Crippen LogP contribution in [0.5, 0.6) is 0 Å². The number of hydrogen-bond donors (Lipinski definition) is 1. The van der Waals surface area contributed by atoms with Crippen LogP contribution in [0.3, 0.4) is 0 Å². The van der Waals surface area contributed by atoms with E-state index in [0.29, 0.717) is 0 Å². The number of unbranched alkanes of at least 4 members (excludes halogenated alkanes) is 18. The Morgan fingerprint density at radius 1 is 0.478 bits per heavy atom. The van der Waals surface area contributed by atoms with Crippen LogP contribution < -0.4 is 5.73 Å². The van der Waals surface area contributed by atoms with Crippen LogP contribution in [-0.4, -0.2) is 0 Å². The van der Waals surface area contributed by atoms with Crippen molar-refractivity contribution in [1.29, 1.82) is 0 Å². The molecule has 0 saturated heterocycles. The molecule has 23 heavy (non-hydrogen) atoms. The lowest BCUT2D eigenvalue weighted by Gasteiger charge is -2.03. The van der Waals surface area contributed by atoms with Gasteiger partial charge >= 0.3 is 0 Å². The maximum absolute atomic E-state index is 5.32. The lowest BCUT2D eigenvalue weighted by Crippen LogP contribution is -1.84. The van der Waals surface area contributed by atoms with Crippen LogP contribution in [0, 0.1) is 0 Å². The van der Waals surface area contributed by atoms with Crippen molar-refractivity contribution in [3.63, 3.8) is 0 Å². The van der Waals surface area contributed by atoms with Crippen LogP contribution >= 0.6 is 0 Å². The average molecular weight is 324 g/mol. The van der Waals surface area contributed by atoms with E-state index in [4.69, 9.17) is 5.73 Å². The monoisotopic (exact) mass is 323 g/mol. The van der Waals surface area contributed by atoms with Crippen molar-refractivity contribution in [3.05, 3.63) is 12.3 Å². The van der Waals surface area contributed by atoms with Crippen LogP contribution in [0.2, 0.25) is 0 Å². The second kappa shape index (κ2) is 21.5. The third kappa shape index (κ3) is 21.5. The van der Waals surface area contributed by atoms with E-state index in [1.807, 2.05) is 0 Å². The fraction of sp³-hybridized carbons (Fsp3) is 0.909. The highest BCUT2D eigenvalue weighted by atomic mass is 14.5. The summed E-state index contributed by atoms with van der Waals surface area (Å²) < 4.78 is 0. The van der Waals surface area contributed by atoms with Crippen molar-refractivity contribution >= 4 is 0 Å². The van der Waals surface area contributed by atoms with Gasteiger partial charge in [0.25, 0.3) is 0 Å². The van der Waals surface area contributed by atoms with Crippen LogP contribution in [-0.2, 0) is 0 Å². The first kappa shape index (κ1) is 22.5. The SMILES string of the molecule is CCCCCCCCCCCCCCCCCCCCC=CN. The lowest BCUT2D eigenvalue weighted by molar-refractivity contribution is 0.525. The first-order chi connectivity index (χ1) is 11.4. The van der Waals surface area contributed by atoms with E-state index in [0.717, 1.165) is 6.42 Å². The minimum Gasteiger partial charge on any atom is -0.405 e. The fourth-order valence-electron chi connectivity index (χ4n) is 3.26. The summed E-state index contributed by atoms with van der Waals surface area (Å²) in [5.41, 5.74) is 5.32. The summed E-state index contributed by atoms with van der Waals surface area (Å²) in [5, 5.41) is 0. The summed E-state index contributed by atoms with van der Waals surface area (Å²) in [5.74, 6) is 0. The molecule has 0 amide bonds. The molecule has 0 aromatic rings. The topological polar surface area (TPSA) is 26.0 Å². The molecule has 1 heteroatoms. The summed E-state index contributed by atoms with van der Waals surface area (Å²) in [6, 6.07) is 0. The number of hydrogen-bond acceptors (Lipinski definition) is 1. The summed E-state index contributed by atoms with van der Waals surface area (Å²) in [4.78, 5) is 0. The Balaban J connectivity index is 2.95. The van der Waals surface area contributed by atoms with Crippen molar-refractivity contribution in [2.45, 2.75) is 129 Å². The van der Waals surface area contributed by atoms with Crippen LogP contribution in [0.15, 0.2) is 12.3 Å². The second-order valence-electron chi connectivity index (χ2n) is 7.23. The summed E-state index contributed by atoms with van der Waals surface area (Å²) in [6.45, 7) is 2.29. The summed E-state index contributed by atoms with van der Waals surface area (Å²) >= 11 is 0. The van der Waals surface area contributed by atoms with Gasteiger partial charge in [0, 0.05) is 0 Å². The molecular weight excluding hydrogens is 278 g/mol. The van der Waals surface area contributed by atoms with E-state index in [1.165, 1.54) is 116 Å². The van der Waals surface area contributed by atoms with E-state index in [9.17, 15) is 0 Å². The van der Waals surface area contributed by atoms with Crippen LogP contribution in [0.4, 0.5) is 0 Å². The van der Waals surface area contributed by atoms with Gasteiger partial charge in [-0.2, -0.15) is 0 Å². The highest BCUT2D eigenvalue weighted by Crippen LogP contribution is 2.14. The molecule has 0 aromatic heterocycles. The second-order valence-corrected chi connectivity index (χ2v) is 7.23. The quantitative estimate of drug-likeness (QED) is 0.240. The maximum Gasteiger partial charge on any atom is -0.0103 e. The average Bonchev–Trinajstić information content (AvgIpc) is 2.57. The Morgan fingerprint density at radius 2 is 0.783 bits per heavy atom. The van der Waals surface area contributed by atoms with Gasteiger partial charge in [0.1, 0.15) is 0 Å². The Hall–Kier alpha value is -0.460. The van der Waals surface area contributed by atoms with Crippen LogP contribution in [0.25, 0.3) is 0 Å². The van der Waals surface area contributed by atoms with Crippen molar-refractivity contribution in [3.8, 4) is 0 Å². The molecule has 0 aliphatic heterocycles. The largest absolute Gasteiger partial charge is 0.405 e. The molecule has 0 heterocycles. The normalized spacial score (nSPS) is 11.5. The molecule has 0 aliphatic carbocycles. The number of nitrogens with two attached hydrogens (primary N) is 1. The predicted molar refractivity (Wildman–Crippen MR) is 107 cm³/mol. The predicted octanol–water partition coefficient (Wildman–Crippen LogP) is 7.89. The van der Waals surface area contributed by atoms with Crippen LogP contribution in [0.1, 0.15) is 129 Å². The standard InChI is InChI=1S/C22H45N/c1-2-3-4-5-6-7-8-9-10-11-12-13-14-15-16-17-18-19-20-21-22-23/h21-22H,2-20,23H2,1H3. The molecule has 0 unspecified atom stereocenters. The van der Waals surface area contributed by atoms with Gasteiger partial charge in [0.05, 0.1) is 0 Å². The van der Waals surface area contributed by atoms with E-state index in [1.54, 1.807) is 6.20 Å². The van der Waals surface area contributed by atoms with Crippen molar-refractivity contribution in [2.75, 3.05) is 0 Å². The van der Waals surface area contributed by atoms with E-state index in [2.05, 4.69) is 13.0 Å². The molecule has 0 radical (unpaired) electrons. The minimum atomic E-state index is 1.16. The molecule has 0 aliphatic rings. The number of allylic oxidation sites excluding steroid dienone is 1. The highest BCUT2D eigenvalue weighted by molar-refractivity contribution is 4.74. The zero-order valence-electron chi connectivity index (χ0n) is 16.2. The molecule has 0 saturated carbocycles. The van der Waals surface area contributed by atoms with Gasteiger partial charge in [-0.05, 0) is 19.0 Å². The summed E-state index contributed by atoms with van der Waals surface area (Å²) in [7, 11) is 0. The number of rotatable bonds is 19. The van der Waals surface area contributed by atoms with Gasteiger partial charge in [-0.1, -0.05) is 122 Å². The van der Waals surface area contributed by atoms with E-state index >= 15 is 0 Å². The zero-order valence-corrected chi connectivity index (χ0v) is 16.2.